The first kappa shape index (κ1) is 22.3. The van der Waals surface area contributed by atoms with Gasteiger partial charge in [0.2, 0.25) is 11.8 Å². The van der Waals surface area contributed by atoms with Gasteiger partial charge in [-0.05, 0) is 48.4 Å². The Balaban J connectivity index is 1.74. The number of nitrogens with zero attached hydrogens (tertiary/aromatic N) is 2. The Bertz CT molecular complexity index is 862. The summed E-state index contributed by atoms with van der Waals surface area (Å²) in [6.45, 7) is 9.60. The number of fused-ring (bicyclic) bond motifs is 1. The number of carbonyl (C=O) groups excluding carboxylic acids is 2. The molecule has 1 aromatic carbocycles. The summed E-state index contributed by atoms with van der Waals surface area (Å²) in [6, 6.07) is 9.94. The van der Waals surface area contributed by atoms with Crippen LogP contribution in [-0.4, -0.2) is 47.9 Å². The van der Waals surface area contributed by atoms with E-state index < -0.39 is 0 Å². The fraction of sp³-hybridized carbons (Fsp3) is 0.500. The number of aryl methyl sites for hydroxylation is 1. The Morgan fingerprint density at radius 2 is 2.00 bits per heavy atom. The molecule has 1 aliphatic heterocycles. The molecule has 2 heterocycles. The van der Waals surface area contributed by atoms with Crippen LogP contribution in [0.3, 0.4) is 0 Å². The molecule has 0 unspecified atom stereocenters. The van der Waals surface area contributed by atoms with Gasteiger partial charge in [0.25, 0.3) is 0 Å². The molecule has 30 heavy (non-hydrogen) atoms. The SMILES string of the molecule is CC[C@@H](C)CN(CC(=O)N1CCc2sccc2[C@H]1COc1ccc(C)cc1)C(C)=O. The van der Waals surface area contributed by atoms with Crippen molar-refractivity contribution in [1.29, 1.82) is 0 Å². The summed E-state index contributed by atoms with van der Waals surface area (Å²) in [7, 11) is 0. The molecule has 5 nitrogen and oxygen atoms in total. The van der Waals surface area contributed by atoms with Crippen molar-refractivity contribution < 1.29 is 14.3 Å². The predicted molar refractivity (Wildman–Crippen MR) is 121 cm³/mol. The second kappa shape index (κ2) is 10.1. The first-order valence-corrected chi connectivity index (χ1v) is 11.6. The highest BCUT2D eigenvalue weighted by atomic mass is 32.1. The maximum Gasteiger partial charge on any atom is 0.242 e. The van der Waals surface area contributed by atoms with Crippen LogP contribution < -0.4 is 4.74 Å². The summed E-state index contributed by atoms with van der Waals surface area (Å²) in [4.78, 5) is 30.3. The number of ether oxygens (including phenoxy) is 1. The van der Waals surface area contributed by atoms with E-state index in [0.717, 1.165) is 18.6 Å². The summed E-state index contributed by atoms with van der Waals surface area (Å²) in [5.74, 6) is 1.11. The van der Waals surface area contributed by atoms with E-state index in [1.807, 2.05) is 36.1 Å². The predicted octanol–water partition coefficient (Wildman–Crippen LogP) is 4.46. The average molecular weight is 429 g/mol. The molecule has 1 aliphatic rings. The largest absolute Gasteiger partial charge is 0.491 e. The van der Waals surface area contributed by atoms with Crippen LogP contribution in [0.25, 0.3) is 0 Å². The van der Waals surface area contributed by atoms with Crippen LogP contribution in [-0.2, 0) is 16.0 Å². The maximum atomic E-state index is 13.3. The number of hydrogen-bond donors (Lipinski definition) is 0. The van der Waals surface area contributed by atoms with Crippen LogP contribution in [0.15, 0.2) is 35.7 Å². The smallest absolute Gasteiger partial charge is 0.242 e. The van der Waals surface area contributed by atoms with E-state index >= 15 is 0 Å². The Hall–Kier alpha value is -2.34. The second-order valence-corrected chi connectivity index (χ2v) is 9.19. The van der Waals surface area contributed by atoms with Crippen molar-refractivity contribution >= 4 is 23.2 Å². The Labute approximate surface area is 183 Å². The number of thiophene rings is 1. The van der Waals surface area contributed by atoms with Gasteiger partial charge < -0.3 is 14.5 Å². The van der Waals surface area contributed by atoms with E-state index in [9.17, 15) is 9.59 Å². The lowest BCUT2D eigenvalue weighted by atomic mass is 10.00. The first-order valence-electron chi connectivity index (χ1n) is 10.7. The third kappa shape index (κ3) is 5.42. The van der Waals surface area contributed by atoms with E-state index in [1.165, 1.54) is 16.0 Å². The highest BCUT2D eigenvalue weighted by Crippen LogP contribution is 2.34. The van der Waals surface area contributed by atoms with Crippen molar-refractivity contribution in [2.75, 3.05) is 26.2 Å². The Morgan fingerprint density at radius 1 is 1.27 bits per heavy atom. The molecule has 0 saturated heterocycles. The molecule has 2 aromatic rings. The van der Waals surface area contributed by atoms with Gasteiger partial charge in [-0.2, -0.15) is 0 Å². The maximum absolute atomic E-state index is 13.3. The van der Waals surface area contributed by atoms with Gasteiger partial charge in [0.1, 0.15) is 12.4 Å². The molecule has 0 bridgehead atoms. The minimum absolute atomic E-state index is 0.0112. The molecule has 0 aliphatic carbocycles. The lowest BCUT2D eigenvalue weighted by molar-refractivity contribution is -0.142. The Kier molecular flexibility index (Phi) is 7.53. The lowest BCUT2D eigenvalue weighted by Crippen LogP contribution is -2.48. The summed E-state index contributed by atoms with van der Waals surface area (Å²) < 4.78 is 6.07. The van der Waals surface area contributed by atoms with Crippen molar-refractivity contribution in [3.05, 3.63) is 51.7 Å². The minimum Gasteiger partial charge on any atom is -0.491 e. The third-order valence-corrected chi connectivity index (χ3v) is 6.84. The molecule has 0 N–H and O–H groups in total. The molecular weight excluding hydrogens is 396 g/mol. The van der Waals surface area contributed by atoms with Gasteiger partial charge in [-0.1, -0.05) is 38.0 Å². The van der Waals surface area contributed by atoms with Gasteiger partial charge >= 0.3 is 0 Å². The van der Waals surface area contributed by atoms with E-state index in [2.05, 4.69) is 25.3 Å². The molecule has 1 aromatic heterocycles. The Morgan fingerprint density at radius 3 is 2.67 bits per heavy atom. The summed E-state index contributed by atoms with van der Waals surface area (Å²) in [5, 5.41) is 2.09. The standard InChI is InChI=1S/C24H32N2O3S/c1-5-17(2)14-25(19(4)27)15-24(28)26-12-10-23-21(11-13-30-23)22(26)16-29-20-8-6-18(3)7-9-20/h6-9,11,13,17,22H,5,10,12,14-16H2,1-4H3/t17-,22-/m1/s1. The van der Waals surface area contributed by atoms with Crippen molar-refractivity contribution in [1.82, 2.24) is 9.80 Å². The number of rotatable bonds is 8. The normalized spacial score (nSPS) is 16.7. The molecule has 0 radical (unpaired) electrons. The van der Waals surface area contributed by atoms with Crippen LogP contribution in [0, 0.1) is 12.8 Å². The van der Waals surface area contributed by atoms with E-state index in [0.29, 0.717) is 25.6 Å². The van der Waals surface area contributed by atoms with E-state index in [-0.39, 0.29) is 24.4 Å². The molecule has 162 valence electrons. The molecule has 6 heteroatoms. The number of hydrogen-bond acceptors (Lipinski definition) is 4. The molecule has 3 rings (SSSR count). The molecule has 0 fully saturated rings. The van der Waals surface area contributed by atoms with Crippen LogP contribution >= 0.6 is 11.3 Å². The van der Waals surface area contributed by atoms with Gasteiger partial charge in [0.05, 0.1) is 12.6 Å². The highest BCUT2D eigenvalue weighted by Gasteiger charge is 2.33. The van der Waals surface area contributed by atoms with Crippen LogP contribution in [0.1, 0.15) is 49.2 Å². The zero-order valence-corrected chi connectivity index (χ0v) is 19.2. The summed E-state index contributed by atoms with van der Waals surface area (Å²) in [5.41, 5.74) is 2.35. The number of amides is 2. The fourth-order valence-electron chi connectivity index (χ4n) is 3.75. The van der Waals surface area contributed by atoms with Gasteiger partial charge in [0.15, 0.2) is 0 Å². The van der Waals surface area contributed by atoms with Gasteiger partial charge in [-0.25, -0.2) is 0 Å². The van der Waals surface area contributed by atoms with Gasteiger partial charge in [0, 0.05) is 24.9 Å². The van der Waals surface area contributed by atoms with Crippen molar-refractivity contribution in [2.45, 2.75) is 46.6 Å². The van der Waals surface area contributed by atoms with E-state index in [1.54, 1.807) is 23.2 Å². The second-order valence-electron chi connectivity index (χ2n) is 8.19. The molecule has 2 atom stereocenters. The molecular formula is C24H32N2O3S. The quantitative estimate of drug-likeness (QED) is 0.624. The van der Waals surface area contributed by atoms with Crippen molar-refractivity contribution in [3.63, 3.8) is 0 Å². The topological polar surface area (TPSA) is 49.9 Å². The number of carbonyl (C=O) groups is 2. The molecule has 2 amide bonds. The average Bonchev–Trinajstić information content (AvgIpc) is 3.21. The number of benzene rings is 1. The highest BCUT2D eigenvalue weighted by molar-refractivity contribution is 7.10. The summed E-state index contributed by atoms with van der Waals surface area (Å²) >= 11 is 1.74. The van der Waals surface area contributed by atoms with Crippen LogP contribution in [0.2, 0.25) is 0 Å². The third-order valence-electron chi connectivity index (χ3n) is 5.84. The molecule has 0 saturated carbocycles. The van der Waals surface area contributed by atoms with Crippen LogP contribution in [0.4, 0.5) is 0 Å². The van der Waals surface area contributed by atoms with Crippen molar-refractivity contribution in [3.8, 4) is 5.75 Å². The monoisotopic (exact) mass is 428 g/mol. The lowest BCUT2D eigenvalue weighted by Gasteiger charge is -2.37. The van der Waals surface area contributed by atoms with Gasteiger partial charge in [-0.15, -0.1) is 11.3 Å². The first-order chi connectivity index (χ1) is 14.4. The van der Waals surface area contributed by atoms with Crippen molar-refractivity contribution in [2.24, 2.45) is 5.92 Å². The summed E-state index contributed by atoms with van der Waals surface area (Å²) in [6.07, 6.45) is 1.83. The fourth-order valence-corrected chi connectivity index (χ4v) is 4.68. The van der Waals surface area contributed by atoms with Gasteiger partial charge in [-0.3, -0.25) is 9.59 Å². The van der Waals surface area contributed by atoms with E-state index in [4.69, 9.17) is 4.74 Å². The molecule has 0 spiro atoms. The minimum atomic E-state index is -0.133. The van der Waals surface area contributed by atoms with Crippen LogP contribution in [0.5, 0.6) is 5.75 Å². The zero-order valence-electron chi connectivity index (χ0n) is 18.4. The zero-order chi connectivity index (χ0) is 21.7.